The van der Waals surface area contributed by atoms with Gasteiger partial charge >= 0.3 is 6.03 Å². The van der Waals surface area contributed by atoms with Gasteiger partial charge in [0.1, 0.15) is 18.1 Å². The van der Waals surface area contributed by atoms with Crippen LogP contribution in [0.15, 0.2) is 48.5 Å². The molecule has 2 N–H and O–H groups in total. The Morgan fingerprint density at radius 2 is 1.86 bits per heavy atom. The number of carbonyl (C=O) groups is 1. The van der Waals surface area contributed by atoms with Crippen LogP contribution in [0.4, 0.5) is 13.6 Å². The molecule has 0 aliphatic carbocycles. The van der Waals surface area contributed by atoms with Crippen molar-refractivity contribution in [3.8, 4) is 11.5 Å². The van der Waals surface area contributed by atoms with Crippen LogP contribution < -0.4 is 20.1 Å². The number of benzene rings is 2. The van der Waals surface area contributed by atoms with Crippen molar-refractivity contribution in [1.29, 1.82) is 0 Å². The van der Waals surface area contributed by atoms with Crippen LogP contribution >= 0.6 is 0 Å². The number of para-hydroxylation sites is 1. The number of nitrogens with zero attached hydrogens (tertiary/aromatic N) is 1. The summed E-state index contributed by atoms with van der Waals surface area (Å²) in [6.07, 6.45) is -2.53. The number of halogens is 2. The molecule has 2 rings (SSSR count). The zero-order valence-electron chi connectivity index (χ0n) is 16.8. The number of ether oxygens (including phenoxy) is 2. The van der Waals surface area contributed by atoms with Crippen molar-refractivity contribution in [3.63, 3.8) is 0 Å². The molecule has 0 aliphatic rings. The van der Waals surface area contributed by atoms with E-state index in [1.165, 1.54) is 0 Å². The minimum Gasteiger partial charge on any atom is -0.496 e. The van der Waals surface area contributed by atoms with E-state index in [-0.39, 0.29) is 18.6 Å². The van der Waals surface area contributed by atoms with E-state index in [2.05, 4.69) is 10.6 Å². The molecule has 0 fully saturated rings. The highest BCUT2D eigenvalue weighted by Crippen LogP contribution is 2.27. The Morgan fingerprint density at radius 3 is 2.55 bits per heavy atom. The second-order valence-corrected chi connectivity index (χ2v) is 6.63. The molecule has 0 saturated heterocycles. The molecular weight excluding hydrogens is 380 g/mol. The quantitative estimate of drug-likeness (QED) is 0.633. The first-order valence-electron chi connectivity index (χ1n) is 9.21. The molecule has 0 aliphatic heterocycles. The molecule has 0 heterocycles. The molecule has 6 nitrogen and oxygen atoms in total. The number of amides is 2. The summed E-state index contributed by atoms with van der Waals surface area (Å²) in [6, 6.07) is 14.0. The van der Waals surface area contributed by atoms with Gasteiger partial charge in [-0.1, -0.05) is 30.3 Å². The maximum Gasteiger partial charge on any atom is 0.315 e. The number of nitrogens with one attached hydrogen (secondary N) is 2. The monoisotopic (exact) mass is 407 g/mol. The molecule has 0 spiro atoms. The Balaban J connectivity index is 1.89. The van der Waals surface area contributed by atoms with Crippen molar-refractivity contribution in [1.82, 2.24) is 15.5 Å². The molecule has 1 atom stereocenters. The van der Waals surface area contributed by atoms with Gasteiger partial charge in [-0.3, -0.25) is 0 Å². The topological polar surface area (TPSA) is 62.8 Å². The smallest absolute Gasteiger partial charge is 0.315 e. The third-order valence-electron chi connectivity index (χ3n) is 4.30. The normalized spacial score (nSPS) is 12.0. The van der Waals surface area contributed by atoms with Crippen LogP contribution in [-0.2, 0) is 6.54 Å². The number of hydrogen-bond donors (Lipinski definition) is 2. The van der Waals surface area contributed by atoms with Crippen LogP contribution in [0.5, 0.6) is 11.5 Å². The highest BCUT2D eigenvalue weighted by Gasteiger charge is 2.19. The second kappa shape index (κ2) is 11.2. The van der Waals surface area contributed by atoms with Crippen molar-refractivity contribution < 1.29 is 23.0 Å². The van der Waals surface area contributed by atoms with Crippen LogP contribution in [0.2, 0.25) is 0 Å². The molecule has 2 aromatic carbocycles. The van der Waals surface area contributed by atoms with Crippen LogP contribution in [0.3, 0.4) is 0 Å². The van der Waals surface area contributed by atoms with E-state index in [1.54, 1.807) is 31.4 Å². The molecule has 1 unspecified atom stereocenters. The molecule has 158 valence electrons. The van der Waals surface area contributed by atoms with Crippen molar-refractivity contribution in [2.24, 2.45) is 0 Å². The van der Waals surface area contributed by atoms with E-state index in [1.807, 2.05) is 43.3 Å². The Hall–Kier alpha value is -2.87. The Kier molecular flexibility index (Phi) is 8.67. The van der Waals surface area contributed by atoms with Gasteiger partial charge in [0.15, 0.2) is 0 Å². The van der Waals surface area contributed by atoms with Crippen LogP contribution in [0.25, 0.3) is 0 Å². The average molecular weight is 407 g/mol. The summed E-state index contributed by atoms with van der Waals surface area (Å²) in [6.45, 7) is -0.0258. The first-order chi connectivity index (χ1) is 13.9. The molecule has 8 heteroatoms. The maximum absolute atomic E-state index is 12.3. The van der Waals surface area contributed by atoms with E-state index in [9.17, 15) is 13.6 Å². The molecule has 29 heavy (non-hydrogen) atoms. The van der Waals surface area contributed by atoms with Gasteiger partial charge in [0.05, 0.1) is 13.2 Å². The van der Waals surface area contributed by atoms with Crippen molar-refractivity contribution in [2.75, 3.05) is 34.4 Å². The molecule has 2 aromatic rings. The molecule has 0 radical (unpaired) electrons. The van der Waals surface area contributed by atoms with Gasteiger partial charge in [-0.15, -0.1) is 0 Å². The van der Waals surface area contributed by atoms with Gasteiger partial charge in [0.25, 0.3) is 6.43 Å². The van der Waals surface area contributed by atoms with E-state index < -0.39 is 13.0 Å². The standard InChI is InChI=1S/C21H27F2N3O3/c1-26(2)18(17-9-4-5-10-19(17)28-3)13-25-21(27)24-12-15-7-6-8-16(11-15)29-14-20(22)23/h4-11,18,20H,12-14H2,1-3H3,(H2,24,25,27). The number of methoxy groups -OCH3 is 1. The van der Waals surface area contributed by atoms with Gasteiger partial charge in [-0.2, -0.15) is 0 Å². The summed E-state index contributed by atoms with van der Waals surface area (Å²) in [4.78, 5) is 14.2. The summed E-state index contributed by atoms with van der Waals surface area (Å²) in [7, 11) is 5.48. The minimum atomic E-state index is -2.53. The molecule has 0 aromatic heterocycles. The van der Waals surface area contributed by atoms with Crippen LogP contribution in [0, 0.1) is 0 Å². The summed E-state index contributed by atoms with van der Waals surface area (Å²) in [5.41, 5.74) is 1.73. The predicted molar refractivity (Wildman–Crippen MR) is 108 cm³/mol. The third-order valence-corrected chi connectivity index (χ3v) is 4.30. The summed E-state index contributed by atoms with van der Waals surface area (Å²) in [5, 5.41) is 5.62. The number of urea groups is 1. The number of alkyl halides is 2. The number of carbonyl (C=O) groups excluding carboxylic acids is 1. The number of likely N-dealkylation sites (N-methyl/N-ethyl adjacent to an activating group) is 1. The van der Waals surface area contributed by atoms with E-state index in [0.717, 1.165) is 16.9 Å². The van der Waals surface area contributed by atoms with Crippen LogP contribution in [0.1, 0.15) is 17.2 Å². The third kappa shape index (κ3) is 7.23. The number of rotatable bonds is 10. The fraction of sp³-hybridized carbons (Fsp3) is 0.381. The van der Waals surface area contributed by atoms with E-state index in [0.29, 0.717) is 12.3 Å². The molecule has 2 amide bonds. The van der Waals surface area contributed by atoms with Crippen molar-refractivity contribution in [3.05, 3.63) is 59.7 Å². The lowest BCUT2D eigenvalue weighted by Crippen LogP contribution is -2.40. The number of hydrogen-bond acceptors (Lipinski definition) is 4. The van der Waals surface area contributed by atoms with Gasteiger partial charge < -0.3 is 25.0 Å². The van der Waals surface area contributed by atoms with Crippen molar-refractivity contribution >= 4 is 6.03 Å². The second-order valence-electron chi connectivity index (χ2n) is 6.63. The average Bonchev–Trinajstić information content (AvgIpc) is 2.71. The lowest BCUT2D eigenvalue weighted by atomic mass is 10.0. The molecule has 0 bridgehead atoms. The highest BCUT2D eigenvalue weighted by molar-refractivity contribution is 5.73. The summed E-state index contributed by atoms with van der Waals surface area (Å²) in [5.74, 6) is 1.10. The van der Waals surface area contributed by atoms with Gasteiger partial charge in [-0.25, -0.2) is 13.6 Å². The van der Waals surface area contributed by atoms with Crippen molar-refractivity contribution in [2.45, 2.75) is 19.0 Å². The van der Waals surface area contributed by atoms with Crippen LogP contribution in [-0.4, -0.2) is 51.7 Å². The first kappa shape index (κ1) is 22.4. The highest BCUT2D eigenvalue weighted by atomic mass is 19.3. The minimum absolute atomic E-state index is 0.0667. The zero-order chi connectivity index (χ0) is 21.2. The lowest BCUT2D eigenvalue weighted by molar-refractivity contribution is 0.0818. The fourth-order valence-electron chi connectivity index (χ4n) is 2.85. The maximum atomic E-state index is 12.3. The van der Waals surface area contributed by atoms with E-state index in [4.69, 9.17) is 9.47 Å². The Morgan fingerprint density at radius 1 is 1.10 bits per heavy atom. The Labute approximate surface area is 169 Å². The van der Waals surface area contributed by atoms with Gasteiger partial charge in [0, 0.05) is 18.7 Å². The SMILES string of the molecule is COc1ccccc1C(CNC(=O)NCc1cccc(OCC(F)F)c1)N(C)C. The molecule has 0 saturated carbocycles. The molecular formula is C21H27F2N3O3. The zero-order valence-corrected chi connectivity index (χ0v) is 16.8. The Bertz CT molecular complexity index is 787. The first-order valence-corrected chi connectivity index (χ1v) is 9.21. The predicted octanol–water partition coefficient (Wildman–Crippen LogP) is 3.44. The van der Waals surface area contributed by atoms with Gasteiger partial charge in [0.2, 0.25) is 0 Å². The lowest BCUT2D eigenvalue weighted by Gasteiger charge is -2.26. The summed E-state index contributed by atoms with van der Waals surface area (Å²) >= 11 is 0. The fourth-order valence-corrected chi connectivity index (χ4v) is 2.85. The largest absolute Gasteiger partial charge is 0.496 e. The van der Waals surface area contributed by atoms with E-state index >= 15 is 0 Å². The summed E-state index contributed by atoms with van der Waals surface area (Å²) < 4.78 is 34.9. The van der Waals surface area contributed by atoms with Gasteiger partial charge in [-0.05, 0) is 37.9 Å².